The molecule has 1 fully saturated rings. The number of aromatic nitrogens is 3. The molecule has 0 aromatic carbocycles. The summed E-state index contributed by atoms with van der Waals surface area (Å²) in [6.07, 6.45) is 9.85. The number of hydrogen-bond donors (Lipinski definition) is 1. The largest absolute Gasteiger partial charge is 0.370 e. The third-order valence-electron chi connectivity index (χ3n) is 6.94. The lowest BCUT2D eigenvalue weighted by atomic mass is 9.96. The zero-order chi connectivity index (χ0) is 27.9. The van der Waals surface area contributed by atoms with E-state index in [1.54, 1.807) is 6.20 Å². The topological polar surface area (TPSA) is 57.2 Å². The first-order valence-electron chi connectivity index (χ1n) is 13.6. The number of fused-ring (bicyclic) bond motifs is 1. The highest BCUT2D eigenvalue weighted by Crippen LogP contribution is 2.37. The van der Waals surface area contributed by atoms with Gasteiger partial charge in [0.2, 0.25) is 0 Å². The quantitative estimate of drug-likeness (QED) is 0.339. The maximum atomic E-state index is 14.0. The first kappa shape index (κ1) is 28.7. The summed E-state index contributed by atoms with van der Waals surface area (Å²) in [4.78, 5) is 17.2. The van der Waals surface area contributed by atoms with Gasteiger partial charge < -0.3 is 15.1 Å². The van der Waals surface area contributed by atoms with E-state index in [0.717, 1.165) is 29.1 Å². The molecule has 3 aromatic rings. The number of nitrogens with zero attached hydrogens (tertiary/aromatic N) is 5. The number of aryl methyl sites for hydroxylation is 2. The van der Waals surface area contributed by atoms with Gasteiger partial charge in [0.05, 0.1) is 11.9 Å². The molecule has 1 saturated heterocycles. The third-order valence-corrected chi connectivity index (χ3v) is 7.21. The van der Waals surface area contributed by atoms with E-state index in [1.165, 1.54) is 49.7 Å². The van der Waals surface area contributed by atoms with Crippen molar-refractivity contribution in [2.75, 3.05) is 29.4 Å². The Balaban J connectivity index is 0.000000226. The Kier molecular flexibility index (Phi) is 9.70. The molecule has 0 saturated carbocycles. The van der Waals surface area contributed by atoms with Gasteiger partial charge in [-0.1, -0.05) is 18.2 Å². The predicted molar refractivity (Wildman–Crippen MR) is 160 cm³/mol. The van der Waals surface area contributed by atoms with E-state index in [0.29, 0.717) is 17.9 Å². The van der Waals surface area contributed by atoms with Crippen LogP contribution >= 0.6 is 11.6 Å². The molecule has 39 heavy (non-hydrogen) atoms. The summed E-state index contributed by atoms with van der Waals surface area (Å²) in [6.45, 7) is 16.0. The van der Waals surface area contributed by atoms with Crippen LogP contribution in [0.4, 0.5) is 15.9 Å². The normalized spacial score (nSPS) is 15.1. The van der Waals surface area contributed by atoms with Crippen molar-refractivity contribution in [3.05, 3.63) is 94.6 Å². The molecular weight excluding hydrogens is 511 g/mol. The monoisotopic (exact) mass is 548 g/mol. The number of piperidine rings is 1. The molecule has 8 heteroatoms. The van der Waals surface area contributed by atoms with Crippen molar-refractivity contribution >= 4 is 28.7 Å². The molecule has 206 valence electrons. The van der Waals surface area contributed by atoms with E-state index in [2.05, 4.69) is 57.7 Å². The van der Waals surface area contributed by atoms with E-state index in [-0.39, 0.29) is 11.2 Å². The minimum atomic E-state index is -0.531. The van der Waals surface area contributed by atoms with Crippen LogP contribution in [0.5, 0.6) is 0 Å². The minimum Gasteiger partial charge on any atom is -0.370 e. The molecule has 5 rings (SSSR count). The third kappa shape index (κ3) is 7.43. The Morgan fingerprint density at radius 1 is 1.03 bits per heavy atom. The van der Waals surface area contributed by atoms with Gasteiger partial charge in [-0.15, -0.1) is 0 Å². The number of hydrogen-bond acceptors (Lipinski definition) is 6. The Hall–Kier alpha value is -3.29. The number of rotatable bonds is 6. The first-order valence-corrected chi connectivity index (χ1v) is 14.0. The predicted octanol–water partition coefficient (Wildman–Crippen LogP) is 6.87. The second-order valence-corrected chi connectivity index (χ2v) is 10.7. The van der Waals surface area contributed by atoms with E-state index in [4.69, 9.17) is 11.6 Å². The lowest BCUT2D eigenvalue weighted by molar-refractivity contribution is 0.577. The highest BCUT2D eigenvalue weighted by atomic mass is 35.5. The summed E-state index contributed by atoms with van der Waals surface area (Å²) in [5.41, 5.74) is 6.98. The van der Waals surface area contributed by atoms with E-state index in [9.17, 15) is 4.39 Å². The molecular formula is C31H38ClFN6. The van der Waals surface area contributed by atoms with Crippen LogP contribution in [0.15, 0.2) is 61.1 Å². The molecule has 5 heterocycles. The average Bonchev–Trinajstić information content (AvgIpc) is 2.92. The van der Waals surface area contributed by atoms with Crippen LogP contribution in [0, 0.1) is 19.7 Å². The van der Waals surface area contributed by atoms with Crippen molar-refractivity contribution in [3.63, 3.8) is 0 Å². The number of halogens is 2. The van der Waals surface area contributed by atoms with Crippen LogP contribution < -0.4 is 15.1 Å². The summed E-state index contributed by atoms with van der Waals surface area (Å²) in [6, 6.07) is 9.88. The summed E-state index contributed by atoms with van der Waals surface area (Å²) in [5.74, 6) is 0.113. The van der Waals surface area contributed by atoms with Crippen LogP contribution in [-0.4, -0.2) is 40.6 Å². The molecule has 0 unspecified atom stereocenters. The highest BCUT2D eigenvalue weighted by molar-refractivity contribution is 6.29. The minimum absolute atomic E-state index is 0.120. The summed E-state index contributed by atoms with van der Waals surface area (Å²) in [7, 11) is 0. The number of nitrogens with one attached hydrogen (secondary N) is 1. The van der Waals surface area contributed by atoms with E-state index < -0.39 is 5.82 Å². The van der Waals surface area contributed by atoms with Crippen LogP contribution in [0.1, 0.15) is 55.6 Å². The van der Waals surface area contributed by atoms with Crippen molar-refractivity contribution < 1.29 is 4.39 Å². The molecule has 6 nitrogen and oxygen atoms in total. The molecule has 0 amide bonds. The fourth-order valence-electron chi connectivity index (χ4n) is 4.76. The molecule has 2 aliphatic rings. The maximum absolute atomic E-state index is 14.0. The van der Waals surface area contributed by atoms with Crippen LogP contribution in [0.3, 0.4) is 0 Å². The van der Waals surface area contributed by atoms with Gasteiger partial charge >= 0.3 is 0 Å². The van der Waals surface area contributed by atoms with Crippen molar-refractivity contribution in [1.82, 2.24) is 20.3 Å². The van der Waals surface area contributed by atoms with Crippen molar-refractivity contribution in [2.24, 2.45) is 0 Å². The average molecular weight is 549 g/mol. The van der Waals surface area contributed by atoms with E-state index >= 15 is 0 Å². The first-order chi connectivity index (χ1) is 18.7. The van der Waals surface area contributed by atoms with Gasteiger partial charge in [-0.25, -0.2) is 9.37 Å². The molecule has 0 atom stereocenters. The Labute approximate surface area is 236 Å². The van der Waals surface area contributed by atoms with Crippen LogP contribution in [0.25, 0.3) is 5.57 Å². The molecule has 0 spiro atoms. The van der Waals surface area contributed by atoms with Gasteiger partial charge in [0.15, 0.2) is 11.0 Å². The smallest absolute Gasteiger partial charge is 0.167 e. The van der Waals surface area contributed by atoms with Crippen molar-refractivity contribution in [1.29, 1.82) is 0 Å². The lowest BCUT2D eigenvalue weighted by Gasteiger charge is -2.32. The fraction of sp³-hybridized carbons (Fsp3) is 0.387. The van der Waals surface area contributed by atoms with E-state index in [1.807, 2.05) is 43.3 Å². The van der Waals surface area contributed by atoms with Crippen LogP contribution in [-0.2, 0) is 6.54 Å². The highest BCUT2D eigenvalue weighted by Gasteiger charge is 2.25. The lowest BCUT2D eigenvalue weighted by Crippen LogP contribution is -2.32. The zero-order valence-electron chi connectivity index (χ0n) is 23.3. The maximum Gasteiger partial charge on any atom is 0.167 e. The molecule has 0 radical (unpaired) electrons. The second kappa shape index (κ2) is 13.2. The van der Waals surface area contributed by atoms with Gasteiger partial charge in [-0.3, -0.25) is 9.97 Å². The van der Waals surface area contributed by atoms with Gasteiger partial charge in [0.1, 0.15) is 5.82 Å². The molecule has 0 aliphatic carbocycles. The molecule has 0 bridgehead atoms. The Bertz CT molecular complexity index is 1320. The van der Waals surface area contributed by atoms with Gasteiger partial charge in [-0.2, -0.15) is 0 Å². The summed E-state index contributed by atoms with van der Waals surface area (Å²) < 4.78 is 14.0. The fourth-order valence-corrected chi connectivity index (χ4v) is 4.89. The Morgan fingerprint density at radius 2 is 1.79 bits per heavy atom. The Morgan fingerprint density at radius 3 is 2.46 bits per heavy atom. The van der Waals surface area contributed by atoms with Gasteiger partial charge in [0, 0.05) is 61.6 Å². The summed E-state index contributed by atoms with van der Waals surface area (Å²) in [5, 5.41) is 3.30. The molecule has 3 aromatic heterocycles. The number of anilines is 2. The van der Waals surface area contributed by atoms with Crippen molar-refractivity contribution in [2.45, 2.75) is 59.5 Å². The molecule has 1 N–H and O–H groups in total. The van der Waals surface area contributed by atoms with Gasteiger partial charge in [-0.05, 0) is 94.0 Å². The summed E-state index contributed by atoms with van der Waals surface area (Å²) >= 11 is 5.88. The second-order valence-electron chi connectivity index (χ2n) is 10.4. The standard InChI is InChI=1S/C20H22ClFN4.C11H16N2/c1-12(2)26-11-16(10-23-9-15-5-6-24-13(3)7-15)14(4)17-8-18(22)19(21)25-20(17)26;1-10-5-6-11(9-12-10)13-7-3-2-4-8-13/h5-8,11-12,23H,4,9-10H2,1-3H3;5-6,9H,2-4,7-8H2,1H3. The number of pyridine rings is 3. The van der Waals surface area contributed by atoms with Gasteiger partial charge in [0.25, 0.3) is 0 Å². The van der Waals surface area contributed by atoms with Crippen molar-refractivity contribution in [3.8, 4) is 0 Å². The van der Waals surface area contributed by atoms with Crippen LogP contribution in [0.2, 0.25) is 5.15 Å². The zero-order valence-corrected chi connectivity index (χ0v) is 24.1. The SMILES string of the molecule is C=C1C(CNCc2ccnc(C)c2)=CN(C(C)C)c2nc(Cl)c(F)cc21.Cc1ccc(N2CCCCC2)cn1. The molecule has 2 aliphatic heterocycles.